The highest BCUT2D eigenvalue weighted by atomic mass is 16.7. The second kappa shape index (κ2) is 3.98. The maximum Gasteiger partial charge on any atom is 0.231 e. The van der Waals surface area contributed by atoms with E-state index < -0.39 is 0 Å². The van der Waals surface area contributed by atoms with Gasteiger partial charge in [0, 0.05) is 11.5 Å². The molecule has 0 aliphatic carbocycles. The number of methoxy groups -OCH3 is 1. The van der Waals surface area contributed by atoms with Crippen molar-refractivity contribution in [3.63, 3.8) is 0 Å². The quantitative estimate of drug-likeness (QED) is 0.819. The Hall–Kier alpha value is -1.42. The van der Waals surface area contributed by atoms with Crippen molar-refractivity contribution in [3.8, 4) is 17.2 Å². The summed E-state index contributed by atoms with van der Waals surface area (Å²) in [6.45, 7) is 2.86. The van der Waals surface area contributed by atoms with Gasteiger partial charge in [-0.25, -0.2) is 0 Å². The van der Waals surface area contributed by atoms with Gasteiger partial charge in [-0.1, -0.05) is 6.92 Å². The van der Waals surface area contributed by atoms with Gasteiger partial charge in [0.05, 0.1) is 7.11 Å². The summed E-state index contributed by atoms with van der Waals surface area (Å²) in [5.74, 6) is 2.53. The van der Waals surface area contributed by atoms with E-state index in [4.69, 9.17) is 19.9 Å². The van der Waals surface area contributed by atoms with Crippen LogP contribution in [0.4, 0.5) is 0 Å². The molecule has 0 aromatic heterocycles. The molecule has 0 amide bonds. The lowest BCUT2D eigenvalue weighted by Gasteiger charge is -2.15. The Balaban J connectivity index is 2.52. The smallest absolute Gasteiger partial charge is 0.231 e. The molecule has 0 radical (unpaired) electrons. The van der Waals surface area contributed by atoms with E-state index in [0.717, 1.165) is 22.8 Å². The molecule has 0 saturated heterocycles. The topological polar surface area (TPSA) is 53.7 Å². The Morgan fingerprint density at radius 3 is 2.93 bits per heavy atom. The van der Waals surface area contributed by atoms with E-state index in [0.29, 0.717) is 6.54 Å². The minimum Gasteiger partial charge on any atom is -0.496 e. The lowest BCUT2D eigenvalue weighted by atomic mass is 9.98. The summed E-state index contributed by atoms with van der Waals surface area (Å²) in [6.07, 6.45) is 0. The molecule has 15 heavy (non-hydrogen) atoms. The zero-order chi connectivity index (χ0) is 10.8. The van der Waals surface area contributed by atoms with Gasteiger partial charge in [-0.05, 0) is 18.7 Å². The summed E-state index contributed by atoms with van der Waals surface area (Å²) in [5.41, 5.74) is 6.67. The summed E-state index contributed by atoms with van der Waals surface area (Å²) >= 11 is 0. The molecule has 1 atom stereocenters. The maximum absolute atomic E-state index is 5.67. The number of hydrogen-bond acceptors (Lipinski definition) is 4. The van der Waals surface area contributed by atoms with Crippen LogP contribution >= 0.6 is 0 Å². The average Bonchev–Trinajstić information content (AvgIpc) is 2.74. The van der Waals surface area contributed by atoms with Gasteiger partial charge in [0.25, 0.3) is 0 Å². The first-order valence-electron chi connectivity index (χ1n) is 4.94. The van der Waals surface area contributed by atoms with E-state index in [2.05, 4.69) is 0 Å². The van der Waals surface area contributed by atoms with Crippen molar-refractivity contribution in [2.75, 3.05) is 20.4 Å². The SMILES string of the molecule is COc1ccc2c(c1C(C)CN)OCO2. The lowest BCUT2D eigenvalue weighted by Crippen LogP contribution is -2.11. The van der Waals surface area contributed by atoms with Crippen LogP contribution in [0.1, 0.15) is 18.4 Å². The minimum absolute atomic E-state index is 0.191. The van der Waals surface area contributed by atoms with Gasteiger partial charge in [0.2, 0.25) is 6.79 Å². The fourth-order valence-corrected chi connectivity index (χ4v) is 1.74. The molecular weight excluding hydrogens is 194 g/mol. The molecule has 1 heterocycles. The highest BCUT2D eigenvalue weighted by molar-refractivity contribution is 5.56. The van der Waals surface area contributed by atoms with Crippen molar-refractivity contribution in [1.82, 2.24) is 0 Å². The fraction of sp³-hybridized carbons (Fsp3) is 0.455. The molecule has 1 unspecified atom stereocenters. The van der Waals surface area contributed by atoms with Gasteiger partial charge in [-0.15, -0.1) is 0 Å². The number of rotatable bonds is 3. The Bertz CT molecular complexity index is 365. The molecule has 2 N–H and O–H groups in total. The first kappa shape index (κ1) is 10.1. The largest absolute Gasteiger partial charge is 0.496 e. The third kappa shape index (κ3) is 1.61. The molecule has 4 heteroatoms. The van der Waals surface area contributed by atoms with Gasteiger partial charge >= 0.3 is 0 Å². The average molecular weight is 209 g/mol. The van der Waals surface area contributed by atoms with Crippen molar-refractivity contribution in [1.29, 1.82) is 0 Å². The standard InChI is InChI=1S/C11H15NO3/c1-7(5-12)10-8(13-2)3-4-9-11(10)15-6-14-9/h3-4,7H,5-6,12H2,1-2H3. The maximum atomic E-state index is 5.67. The lowest BCUT2D eigenvalue weighted by molar-refractivity contribution is 0.173. The van der Waals surface area contributed by atoms with Gasteiger partial charge in [-0.2, -0.15) is 0 Å². The molecule has 4 nitrogen and oxygen atoms in total. The highest BCUT2D eigenvalue weighted by Gasteiger charge is 2.24. The second-order valence-corrected chi connectivity index (χ2v) is 3.55. The van der Waals surface area contributed by atoms with Crippen LogP contribution < -0.4 is 19.9 Å². The molecule has 2 rings (SSSR count). The molecular formula is C11H15NO3. The van der Waals surface area contributed by atoms with Crippen LogP contribution in [0.2, 0.25) is 0 Å². The molecule has 82 valence electrons. The van der Waals surface area contributed by atoms with Crippen molar-refractivity contribution in [2.45, 2.75) is 12.8 Å². The zero-order valence-corrected chi connectivity index (χ0v) is 8.95. The first-order chi connectivity index (χ1) is 7.27. The minimum atomic E-state index is 0.191. The normalized spacial score (nSPS) is 15.1. The van der Waals surface area contributed by atoms with Crippen LogP contribution in [0.15, 0.2) is 12.1 Å². The summed E-state index contributed by atoms with van der Waals surface area (Å²) in [7, 11) is 1.64. The Kier molecular flexibility index (Phi) is 2.68. The van der Waals surface area contributed by atoms with Crippen LogP contribution in [0, 0.1) is 0 Å². The van der Waals surface area contributed by atoms with Gasteiger partial charge < -0.3 is 19.9 Å². The number of fused-ring (bicyclic) bond motifs is 1. The van der Waals surface area contributed by atoms with Crippen molar-refractivity contribution >= 4 is 0 Å². The molecule has 0 bridgehead atoms. The molecule has 0 saturated carbocycles. The van der Waals surface area contributed by atoms with Crippen LogP contribution in [0.5, 0.6) is 17.2 Å². The molecule has 0 fully saturated rings. The van der Waals surface area contributed by atoms with Crippen LogP contribution in [-0.2, 0) is 0 Å². The predicted molar refractivity (Wildman–Crippen MR) is 56.6 cm³/mol. The molecule has 1 aliphatic heterocycles. The van der Waals surface area contributed by atoms with Crippen LogP contribution in [-0.4, -0.2) is 20.4 Å². The van der Waals surface area contributed by atoms with Crippen LogP contribution in [0.3, 0.4) is 0 Å². The number of benzene rings is 1. The summed E-state index contributed by atoms with van der Waals surface area (Å²) in [5, 5.41) is 0. The highest BCUT2D eigenvalue weighted by Crippen LogP contribution is 2.44. The van der Waals surface area contributed by atoms with Crippen molar-refractivity contribution in [2.24, 2.45) is 5.73 Å². The molecule has 1 aromatic carbocycles. The predicted octanol–water partition coefficient (Wildman–Crippen LogP) is 1.49. The van der Waals surface area contributed by atoms with Crippen molar-refractivity contribution < 1.29 is 14.2 Å². The third-order valence-electron chi connectivity index (χ3n) is 2.60. The van der Waals surface area contributed by atoms with Crippen LogP contribution in [0.25, 0.3) is 0 Å². The zero-order valence-electron chi connectivity index (χ0n) is 8.95. The Morgan fingerprint density at radius 2 is 2.27 bits per heavy atom. The van der Waals surface area contributed by atoms with Gasteiger partial charge in [0.1, 0.15) is 5.75 Å². The number of ether oxygens (including phenoxy) is 3. The van der Waals surface area contributed by atoms with E-state index in [-0.39, 0.29) is 12.7 Å². The van der Waals surface area contributed by atoms with E-state index in [9.17, 15) is 0 Å². The van der Waals surface area contributed by atoms with E-state index in [1.807, 2.05) is 19.1 Å². The fourth-order valence-electron chi connectivity index (χ4n) is 1.74. The molecule has 1 aromatic rings. The van der Waals surface area contributed by atoms with Crippen molar-refractivity contribution in [3.05, 3.63) is 17.7 Å². The Labute approximate surface area is 88.9 Å². The Morgan fingerprint density at radius 1 is 1.47 bits per heavy atom. The summed E-state index contributed by atoms with van der Waals surface area (Å²) < 4.78 is 16.1. The second-order valence-electron chi connectivity index (χ2n) is 3.55. The number of hydrogen-bond donors (Lipinski definition) is 1. The molecule has 1 aliphatic rings. The van der Waals surface area contributed by atoms with E-state index in [1.165, 1.54) is 0 Å². The number of nitrogens with two attached hydrogens (primary N) is 1. The van der Waals surface area contributed by atoms with E-state index >= 15 is 0 Å². The van der Waals surface area contributed by atoms with Gasteiger partial charge in [-0.3, -0.25) is 0 Å². The monoisotopic (exact) mass is 209 g/mol. The third-order valence-corrected chi connectivity index (χ3v) is 2.60. The van der Waals surface area contributed by atoms with Gasteiger partial charge in [0.15, 0.2) is 11.5 Å². The molecule has 0 spiro atoms. The summed E-state index contributed by atoms with van der Waals surface area (Å²) in [6, 6.07) is 3.74. The summed E-state index contributed by atoms with van der Waals surface area (Å²) in [4.78, 5) is 0. The first-order valence-corrected chi connectivity index (χ1v) is 4.94. The van der Waals surface area contributed by atoms with E-state index in [1.54, 1.807) is 7.11 Å².